The Balaban J connectivity index is 2.58. The number of urea groups is 1. The van der Waals surface area contributed by atoms with E-state index in [0.29, 0.717) is 24.7 Å². The largest absolute Gasteiger partial charge is 0.338 e. The molecule has 0 spiro atoms. The highest BCUT2D eigenvalue weighted by Crippen LogP contribution is 2.08. The fourth-order valence-electron chi connectivity index (χ4n) is 2.32. The predicted octanol–water partition coefficient (Wildman–Crippen LogP) is 2.21. The summed E-state index contributed by atoms with van der Waals surface area (Å²) < 4.78 is 0. The van der Waals surface area contributed by atoms with E-state index in [1.54, 1.807) is 24.0 Å². The maximum Gasteiger partial charge on any atom is 0.321 e. The highest BCUT2D eigenvalue weighted by atomic mass is 16.2. The van der Waals surface area contributed by atoms with E-state index < -0.39 is 18.0 Å². The molecule has 4 amide bonds. The molecular formula is C19H30N4O3. The lowest BCUT2D eigenvalue weighted by Crippen LogP contribution is -2.50. The molecule has 26 heavy (non-hydrogen) atoms. The van der Waals surface area contributed by atoms with Crippen LogP contribution in [0.15, 0.2) is 30.3 Å². The number of amides is 4. The maximum atomic E-state index is 12.4. The number of hydrogen-bond acceptors (Lipinski definition) is 4. The van der Waals surface area contributed by atoms with Crippen LogP contribution in [0.2, 0.25) is 0 Å². The summed E-state index contributed by atoms with van der Waals surface area (Å²) in [5.41, 5.74) is 0.707. The van der Waals surface area contributed by atoms with E-state index in [4.69, 9.17) is 0 Å². The van der Waals surface area contributed by atoms with Crippen molar-refractivity contribution in [3.63, 3.8) is 0 Å². The zero-order chi connectivity index (χ0) is 19.5. The number of benzene rings is 1. The Labute approximate surface area is 155 Å². The van der Waals surface area contributed by atoms with Crippen LogP contribution in [0.3, 0.4) is 0 Å². The van der Waals surface area contributed by atoms with Crippen molar-refractivity contribution in [3.8, 4) is 0 Å². The zero-order valence-electron chi connectivity index (χ0n) is 16.0. The number of hydrogen-bond donors (Lipinski definition) is 3. The summed E-state index contributed by atoms with van der Waals surface area (Å²) in [7, 11) is 0. The summed E-state index contributed by atoms with van der Waals surface area (Å²) in [5.74, 6) is -0.324. The van der Waals surface area contributed by atoms with Gasteiger partial charge in [0.05, 0.1) is 12.6 Å². The Morgan fingerprint density at radius 1 is 1.08 bits per heavy atom. The molecule has 1 rings (SSSR count). The topological polar surface area (TPSA) is 90.5 Å². The van der Waals surface area contributed by atoms with Crippen molar-refractivity contribution >= 4 is 23.5 Å². The van der Waals surface area contributed by atoms with Gasteiger partial charge in [0.1, 0.15) is 0 Å². The highest BCUT2D eigenvalue weighted by Gasteiger charge is 2.23. The molecule has 3 N–H and O–H groups in total. The number of imide groups is 1. The van der Waals surface area contributed by atoms with E-state index in [9.17, 15) is 14.4 Å². The molecule has 7 heteroatoms. The van der Waals surface area contributed by atoms with Crippen LogP contribution in [0.1, 0.15) is 34.1 Å². The highest BCUT2D eigenvalue weighted by molar-refractivity contribution is 5.97. The molecule has 0 saturated carbocycles. The van der Waals surface area contributed by atoms with Crippen molar-refractivity contribution in [2.75, 3.05) is 25.0 Å². The Hall–Kier alpha value is -2.41. The quantitative estimate of drug-likeness (QED) is 0.628. The van der Waals surface area contributed by atoms with Gasteiger partial charge in [-0.15, -0.1) is 0 Å². The third-order valence-corrected chi connectivity index (χ3v) is 3.75. The molecule has 0 aliphatic carbocycles. The fraction of sp³-hybridized carbons (Fsp3) is 0.526. The third kappa shape index (κ3) is 8.11. The van der Waals surface area contributed by atoms with Crippen LogP contribution >= 0.6 is 0 Å². The SMILES string of the molecule is CCCN(CC(=O)NC(=O)NCC(C)C)C(C)C(=O)Nc1ccccc1. The normalized spacial score (nSPS) is 11.9. The fourth-order valence-corrected chi connectivity index (χ4v) is 2.32. The van der Waals surface area contributed by atoms with Gasteiger partial charge in [0.2, 0.25) is 11.8 Å². The van der Waals surface area contributed by atoms with Crippen molar-refractivity contribution in [3.05, 3.63) is 30.3 Å². The molecule has 0 radical (unpaired) electrons. The summed E-state index contributed by atoms with van der Waals surface area (Å²) in [6, 6.07) is 8.15. The van der Waals surface area contributed by atoms with E-state index in [-0.39, 0.29) is 12.5 Å². The average molecular weight is 362 g/mol. The molecule has 1 aromatic carbocycles. The van der Waals surface area contributed by atoms with E-state index >= 15 is 0 Å². The first-order valence-corrected chi connectivity index (χ1v) is 9.01. The Kier molecular flexibility index (Phi) is 9.36. The van der Waals surface area contributed by atoms with Gasteiger partial charge in [0, 0.05) is 12.2 Å². The molecule has 0 bridgehead atoms. The van der Waals surface area contributed by atoms with Gasteiger partial charge < -0.3 is 10.6 Å². The minimum Gasteiger partial charge on any atom is -0.338 e. The van der Waals surface area contributed by atoms with E-state index in [1.807, 2.05) is 39.0 Å². The molecule has 144 valence electrons. The lowest BCUT2D eigenvalue weighted by atomic mass is 10.2. The third-order valence-electron chi connectivity index (χ3n) is 3.75. The number of nitrogens with zero attached hydrogens (tertiary/aromatic N) is 1. The van der Waals surface area contributed by atoms with Gasteiger partial charge in [-0.1, -0.05) is 39.0 Å². The summed E-state index contributed by atoms with van der Waals surface area (Å²) in [6.07, 6.45) is 0.787. The second-order valence-corrected chi connectivity index (χ2v) is 6.65. The summed E-state index contributed by atoms with van der Waals surface area (Å²) in [6.45, 7) is 8.71. The second kappa shape index (κ2) is 11.3. The van der Waals surface area contributed by atoms with Gasteiger partial charge in [-0.25, -0.2) is 4.79 Å². The molecule has 0 aliphatic rings. The number of carbonyl (C=O) groups is 3. The number of nitrogens with one attached hydrogen (secondary N) is 3. The lowest BCUT2D eigenvalue weighted by Gasteiger charge is -2.27. The van der Waals surface area contributed by atoms with Gasteiger partial charge in [-0.2, -0.15) is 0 Å². The first-order chi connectivity index (χ1) is 12.3. The van der Waals surface area contributed by atoms with E-state index in [0.717, 1.165) is 6.42 Å². The molecule has 0 heterocycles. The minimum atomic E-state index is -0.512. The van der Waals surface area contributed by atoms with Crippen LogP contribution in [0, 0.1) is 5.92 Å². The van der Waals surface area contributed by atoms with Crippen molar-refractivity contribution in [2.45, 2.75) is 40.2 Å². The van der Waals surface area contributed by atoms with Crippen LogP contribution in [-0.2, 0) is 9.59 Å². The van der Waals surface area contributed by atoms with E-state index in [1.165, 1.54) is 0 Å². The number of anilines is 1. The second-order valence-electron chi connectivity index (χ2n) is 6.65. The molecule has 1 unspecified atom stereocenters. The average Bonchev–Trinajstić information content (AvgIpc) is 2.59. The summed E-state index contributed by atoms with van der Waals surface area (Å²) >= 11 is 0. The summed E-state index contributed by atoms with van der Waals surface area (Å²) in [4.78, 5) is 38.0. The standard InChI is InChI=1S/C19H30N4O3/c1-5-11-23(13-17(24)22-19(26)20-12-14(2)3)15(4)18(25)21-16-9-7-6-8-10-16/h6-10,14-15H,5,11-13H2,1-4H3,(H,21,25)(H2,20,22,24,26). The van der Waals surface area contributed by atoms with Crippen molar-refractivity contribution in [1.82, 2.24) is 15.5 Å². The van der Waals surface area contributed by atoms with Crippen LogP contribution < -0.4 is 16.0 Å². The molecule has 0 fully saturated rings. The van der Waals surface area contributed by atoms with Gasteiger partial charge in [-0.05, 0) is 37.9 Å². The summed E-state index contributed by atoms with van der Waals surface area (Å²) in [5, 5.41) is 7.78. The molecule has 1 atom stereocenters. The molecule has 7 nitrogen and oxygen atoms in total. The van der Waals surface area contributed by atoms with Crippen molar-refractivity contribution < 1.29 is 14.4 Å². The number of carbonyl (C=O) groups excluding carboxylic acids is 3. The van der Waals surface area contributed by atoms with Crippen LogP contribution in [-0.4, -0.2) is 48.4 Å². The molecule has 0 aliphatic heterocycles. The van der Waals surface area contributed by atoms with Gasteiger partial charge in [-0.3, -0.25) is 19.8 Å². The molecule has 0 saturated heterocycles. The van der Waals surface area contributed by atoms with Gasteiger partial charge in [0.15, 0.2) is 0 Å². The van der Waals surface area contributed by atoms with Crippen LogP contribution in [0.4, 0.5) is 10.5 Å². The smallest absolute Gasteiger partial charge is 0.321 e. The Morgan fingerprint density at radius 2 is 1.73 bits per heavy atom. The monoisotopic (exact) mass is 362 g/mol. The first kappa shape index (κ1) is 21.6. The van der Waals surface area contributed by atoms with E-state index in [2.05, 4.69) is 16.0 Å². The molecule has 0 aromatic heterocycles. The predicted molar refractivity (Wildman–Crippen MR) is 103 cm³/mol. The first-order valence-electron chi connectivity index (χ1n) is 9.01. The van der Waals surface area contributed by atoms with Crippen LogP contribution in [0.5, 0.6) is 0 Å². The molecule has 1 aromatic rings. The minimum absolute atomic E-state index is 0.0215. The van der Waals surface area contributed by atoms with Crippen LogP contribution in [0.25, 0.3) is 0 Å². The van der Waals surface area contributed by atoms with Gasteiger partial charge in [0.25, 0.3) is 0 Å². The number of rotatable bonds is 9. The molecular weight excluding hydrogens is 332 g/mol. The van der Waals surface area contributed by atoms with Crippen molar-refractivity contribution in [2.24, 2.45) is 5.92 Å². The lowest BCUT2D eigenvalue weighted by molar-refractivity contribution is -0.124. The maximum absolute atomic E-state index is 12.4. The zero-order valence-corrected chi connectivity index (χ0v) is 16.0. The Bertz CT molecular complexity index is 590. The number of para-hydroxylation sites is 1. The van der Waals surface area contributed by atoms with Crippen molar-refractivity contribution in [1.29, 1.82) is 0 Å². The van der Waals surface area contributed by atoms with Gasteiger partial charge >= 0.3 is 6.03 Å². The Morgan fingerprint density at radius 3 is 2.31 bits per heavy atom.